The zero-order valence-electron chi connectivity index (χ0n) is 17.6. The molecular formula is C23H27N5O2S. The van der Waals surface area contributed by atoms with Crippen LogP contribution in [0.5, 0.6) is 0 Å². The van der Waals surface area contributed by atoms with Crippen molar-refractivity contribution >= 4 is 23.6 Å². The van der Waals surface area contributed by atoms with Crippen molar-refractivity contribution in [2.24, 2.45) is 0 Å². The highest BCUT2D eigenvalue weighted by Crippen LogP contribution is 2.16. The zero-order chi connectivity index (χ0) is 21.9. The maximum Gasteiger partial charge on any atom is 0.230 e. The molecule has 0 bridgehead atoms. The average molecular weight is 438 g/mol. The van der Waals surface area contributed by atoms with E-state index in [-0.39, 0.29) is 17.6 Å². The fraction of sp³-hybridized carbons (Fsp3) is 0.304. The number of rotatable bonds is 11. The van der Waals surface area contributed by atoms with Gasteiger partial charge in [0.15, 0.2) is 11.0 Å². The molecular weight excluding hydrogens is 410 g/mol. The lowest BCUT2D eigenvalue weighted by molar-refractivity contribution is -0.120. The highest BCUT2D eigenvalue weighted by molar-refractivity contribution is 7.99. The Kier molecular flexibility index (Phi) is 8.66. The quantitative estimate of drug-likeness (QED) is 0.450. The third kappa shape index (κ3) is 7.25. The number of hydrogen-bond donors (Lipinski definition) is 2. The van der Waals surface area contributed by atoms with Crippen LogP contribution in [0.2, 0.25) is 0 Å². The summed E-state index contributed by atoms with van der Waals surface area (Å²) in [5, 5.41) is 14.9. The molecule has 0 saturated heterocycles. The van der Waals surface area contributed by atoms with E-state index in [1.54, 1.807) is 0 Å². The molecule has 0 unspecified atom stereocenters. The van der Waals surface area contributed by atoms with Crippen molar-refractivity contribution in [2.45, 2.75) is 38.0 Å². The van der Waals surface area contributed by atoms with E-state index >= 15 is 0 Å². The summed E-state index contributed by atoms with van der Waals surface area (Å²) in [4.78, 5) is 24.3. The summed E-state index contributed by atoms with van der Waals surface area (Å²) < 4.78 is 1.92. The molecule has 2 amide bonds. The topological polar surface area (TPSA) is 88.9 Å². The van der Waals surface area contributed by atoms with Crippen LogP contribution in [0.25, 0.3) is 0 Å². The van der Waals surface area contributed by atoms with Gasteiger partial charge in [-0.2, -0.15) is 0 Å². The Balaban J connectivity index is 1.43. The number of aromatic nitrogens is 3. The first-order valence-electron chi connectivity index (χ1n) is 10.3. The molecule has 0 fully saturated rings. The minimum absolute atomic E-state index is 0.0377. The van der Waals surface area contributed by atoms with Crippen molar-refractivity contribution in [3.05, 3.63) is 77.6 Å². The molecule has 8 heteroatoms. The Morgan fingerprint density at radius 3 is 2.26 bits per heavy atom. The third-order valence-electron chi connectivity index (χ3n) is 4.67. The lowest BCUT2D eigenvalue weighted by Crippen LogP contribution is -2.27. The number of thioether (sulfide) groups is 1. The van der Waals surface area contributed by atoms with Gasteiger partial charge in [0.1, 0.15) is 0 Å². The minimum Gasteiger partial charge on any atom is -0.355 e. The second-order valence-electron chi connectivity index (χ2n) is 6.96. The van der Waals surface area contributed by atoms with Crippen LogP contribution in [-0.4, -0.2) is 38.9 Å². The first-order chi connectivity index (χ1) is 15.2. The summed E-state index contributed by atoms with van der Waals surface area (Å²) in [6.07, 6.45) is 1.13. The van der Waals surface area contributed by atoms with Gasteiger partial charge in [0.05, 0.1) is 18.7 Å². The smallest absolute Gasteiger partial charge is 0.230 e. The van der Waals surface area contributed by atoms with Crippen molar-refractivity contribution in [3.63, 3.8) is 0 Å². The average Bonchev–Trinajstić information content (AvgIpc) is 3.19. The third-order valence-corrected chi connectivity index (χ3v) is 5.64. The summed E-state index contributed by atoms with van der Waals surface area (Å²) in [5.41, 5.74) is 2.16. The Bertz CT molecular complexity index is 976. The van der Waals surface area contributed by atoms with Crippen molar-refractivity contribution < 1.29 is 9.59 Å². The molecule has 7 nitrogen and oxygen atoms in total. The van der Waals surface area contributed by atoms with Gasteiger partial charge >= 0.3 is 0 Å². The van der Waals surface area contributed by atoms with E-state index in [0.717, 1.165) is 12.0 Å². The van der Waals surface area contributed by atoms with Crippen molar-refractivity contribution in [1.29, 1.82) is 0 Å². The molecule has 0 aliphatic carbocycles. The molecule has 0 radical (unpaired) electrons. The van der Waals surface area contributed by atoms with Crippen molar-refractivity contribution in [1.82, 2.24) is 25.4 Å². The first kappa shape index (κ1) is 22.6. The maximum absolute atomic E-state index is 12.2. The Morgan fingerprint density at radius 2 is 1.58 bits per heavy atom. The molecule has 1 heterocycles. The van der Waals surface area contributed by atoms with E-state index in [0.29, 0.717) is 37.0 Å². The van der Waals surface area contributed by atoms with Gasteiger partial charge in [0, 0.05) is 13.1 Å². The molecule has 2 N–H and O–H groups in total. The van der Waals surface area contributed by atoms with Gasteiger partial charge in [0.2, 0.25) is 11.8 Å². The number of carbonyl (C=O) groups is 2. The number of carbonyl (C=O) groups excluding carboxylic acids is 2. The lowest BCUT2D eigenvalue weighted by Gasteiger charge is -2.09. The van der Waals surface area contributed by atoms with Crippen LogP contribution in [0.3, 0.4) is 0 Å². The van der Waals surface area contributed by atoms with Gasteiger partial charge in [-0.1, -0.05) is 72.4 Å². The fourth-order valence-electron chi connectivity index (χ4n) is 3.07. The van der Waals surface area contributed by atoms with Crippen molar-refractivity contribution in [3.8, 4) is 0 Å². The van der Waals surface area contributed by atoms with Crippen LogP contribution in [-0.2, 0) is 35.5 Å². The van der Waals surface area contributed by atoms with Gasteiger partial charge in [-0.25, -0.2) is 0 Å². The number of benzene rings is 2. The molecule has 162 valence electrons. The van der Waals surface area contributed by atoms with E-state index in [1.807, 2.05) is 72.2 Å². The first-order valence-corrected chi connectivity index (χ1v) is 11.3. The fourth-order valence-corrected chi connectivity index (χ4v) is 3.92. The SMILES string of the molecule is CCn1c(CNC(=O)Cc2ccccc2)nnc1SCC(=O)NCCc1ccccc1. The molecule has 2 aromatic carbocycles. The Hall–Kier alpha value is -3.13. The normalized spacial score (nSPS) is 10.6. The summed E-state index contributed by atoms with van der Waals surface area (Å²) in [7, 11) is 0. The van der Waals surface area contributed by atoms with Crippen LogP contribution < -0.4 is 10.6 Å². The summed E-state index contributed by atoms with van der Waals surface area (Å²) in [5.74, 6) is 0.844. The van der Waals surface area contributed by atoms with Crippen LogP contribution in [0, 0.1) is 0 Å². The monoisotopic (exact) mass is 437 g/mol. The predicted octanol–water partition coefficient (Wildman–Crippen LogP) is 2.61. The number of nitrogens with one attached hydrogen (secondary N) is 2. The van der Waals surface area contributed by atoms with E-state index in [1.165, 1.54) is 17.3 Å². The van der Waals surface area contributed by atoms with Gasteiger partial charge in [-0.05, 0) is 24.5 Å². The second kappa shape index (κ2) is 11.9. The second-order valence-corrected chi connectivity index (χ2v) is 7.90. The molecule has 31 heavy (non-hydrogen) atoms. The molecule has 0 saturated carbocycles. The van der Waals surface area contributed by atoms with Crippen molar-refractivity contribution in [2.75, 3.05) is 12.3 Å². The standard InChI is InChI=1S/C23H27N5O2S/c1-2-28-20(16-25-21(29)15-19-11-7-4-8-12-19)26-27-23(28)31-17-22(30)24-14-13-18-9-5-3-6-10-18/h3-12H,2,13-17H2,1H3,(H,24,30)(H,25,29). The summed E-state index contributed by atoms with van der Waals surface area (Å²) in [6.45, 7) is 3.55. The highest BCUT2D eigenvalue weighted by Gasteiger charge is 2.14. The molecule has 0 spiro atoms. The lowest BCUT2D eigenvalue weighted by atomic mass is 10.1. The number of hydrogen-bond acceptors (Lipinski definition) is 5. The molecule has 0 aliphatic rings. The molecule has 3 rings (SSSR count). The number of nitrogens with zero attached hydrogens (tertiary/aromatic N) is 3. The van der Waals surface area contributed by atoms with E-state index in [2.05, 4.69) is 20.8 Å². The van der Waals surface area contributed by atoms with Crippen LogP contribution >= 0.6 is 11.8 Å². The van der Waals surface area contributed by atoms with Crippen LogP contribution in [0.1, 0.15) is 23.9 Å². The predicted molar refractivity (Wildman–Crippen MR) is 122 cm³/mol. The molecule has 0 atom stereocenters. The Labute approximate surface area is 186 Å². The highest BCUT2D eigenvalue weighted by atomic mass is 32.2. The zero-order valence-corrected chi connectivity index (χ0v) is 18.4. The molecule has 3 aromatic rings. The van der Waals surface area contributed by atoms with Gasteiger partial charge in [-0.15, -0.1) is 10.2 Å². The van der Waals surface area contributed by atoms with E-state index in [4.69, 9.17) is 0 Å². The number of amides is 2. The van der Waals surface area contributed by atoms with E-state index < -0.39 is 0 Å². The Morgan fingerprint density at radius 1 is 0.903 bits per heavy atom. The molecule has 0 aliphatic heterocycles. The largest absolute Gasteiger partial charge is 0.355 e. The van der Waals surface area contributed by atoms with E-state index in [9.17, 15) is 9.59 Å². The van der Waals surface area contributed by atoms with Crippen LogP contribution in [0.4, 0.5) is 0 Å². The van der Waals surface area contributed by atoms with Gasteiger partial charge in [-0.3, -0.25) is 9.59 Å². The summed E-state index contributed by atoms with van der Waals surface area (Å²) in [6, 6.07) is 19.7. The molecule has 1 aromatic heterocycles. The van der Waals surface area contributed by atoms with Gasteiger partial charge in [0.25, 0.3) is 0 Å². The van der Waals surface area contributed by atoms with Crippen LogP contribution in [0.15, 0.2) is 65.8 Å². The maximum atomic E-state index is 12.2. The minimum atomic E-state index is -0.0659. The van der Waals surface area contributed by atoms with Gasteiger partial charge < -0.3 is 15.2 Å². The summed E-state index contributed by atoms with van der Waals surface area (Å²) >= 11 is 1.35.